The van der Waals surface area contributed by atoms with E-state index in [4.69, 9.17) is 0 Å². The molecule has 2 atom stereocenters. The maximum atomic E-state index is 13.1. The van der Waals surface area contributed by atoms with Gasteiger partial charge in [-0.05, 0) is 50.3 Å². The molecule has 0 aliphatic carbocycles. The highest BCUT2D eigenvalue weighted by Crippen LogP contribution is 2.27. The van der Waals surface area contributed by atoms with Crippen molar-refractivity contribution in [1.82, 2.24) is 14.2 Å². The van der Waals surface area contributed by atoms with Gasteiger partial charge in [-0.15, -0.1) is 11.3 Å². The third kappa shape index (κ3) is 5.34. The van der Waals surface area contributed by atoms with Crippen molar-refractivity contribution in [1.29, 1.82) is 0 Å². The van der Waals surface area contributed by atoms with Crippen LogP contribution in [0.1, 0.15) is 44.7 Å². The second-order valence-electron chi connectivity index (χ2n) is 8.56. The fourth-order valence-corrected chi connectivity index (χ4v) is 6.85. The van der Waals surface area contributed by atoms with Crippen molar-refractivity contribution in [2.24, 2.45) is 5.92 Å². The summed E-state index contributed by atoms with van der Waals surface area (Å²) in [4.78, 5) is 20.3. The highest BCUT2D eigenvalue weighted by molar-refractivity contribution is 7.89. The predicted molar refractivity (Wildman–Crippen MR) is 122 cm³/mol. The number of hydrogen-bond donors (Lipinski definition) is 1. The summed E-state index contributed by atoms with van der Waals surface area (Å²) in [6.07, 6.45) is 4.59. The van der Waals surface area contributed by atoms with Crippen molar-refractivity contribution in [3.8, 4) is 0 Å². The van der Waals surface area contributed by atoms with E-state index in [0.29, 0.717) is 24.0 Å². The first kappa shape index (κ1) is 22.4. The first-order valence-corrected chi connectivity index (χ1v) is 13.3. The fourth-order valence-electron chi connectivity index (χ4n) is 4.47. The Kier molecular flexibility index (Phi) is 7.05. The van der Waals surface area contributed by atoms with Gasteiger partial charge in [0.15, 0.2) is 5.13 Å². The van der Waals surface area contributed by atoms with E-state index in [1.807, 2.05) is 5.38 Å². The molecule has 9 heteroatoms. The molecule has 2 unspecified atom stereocenters. The van der Waals surface area contributed by atoms with Crippen LogP contribution in [0.5, 0.6) is 0 Å². The molecule has 7 nitrogen and oxygen atoms in total. The van der Waals surface area contributed by atoms with Crippen LogP contribution in [-0.2, 0) is 21.4 Å². The van der Waals surface area contributed by atoms with Gasteiger partial charge in [0.1, 0.15) is 6.04 Å². The standard InChI is InChI=1S/C22H30N4O3S2/c1-17-8-7-12-25(14-17)15-18-16-30-22(23-18)24-21(27)20-11-5-6-13-26(20)31(28,29)19-9-3-2-4-10-19/h2-4,9-10,16-17,20H,5-8,11-15H2,1H3,(H,23,24,27). The van der Waals surface area contributed by atoms with Crippen molar-refractivity contribution in [2.45, 2.75) is 56.5 Å². The number of piperidine rings is 2. The highest BCUT2D eigenvalue weighted by Gasteiger charge is 2.37. The van der Waals surface area contributed by atoms with E-state index in [1.165, 1.54) is 28.5 Å². The number of aromatic nitrogens is 1. The second kappa shape index (κ2) is 9.77. The monoisotopic (exact) mass is 462 g/mol. The normalized spacial score (nSPS) is 23.5. The van der Waals surface area contributed by atoms with E-state index in [2.05, 4.69) is 22.1 Å². The average molecular weight is 463 g/mol. The van der Waals surface area contributed by atoms with Crippen molar-refractivity contribution in [2.75, 3.05) is 25.0 Å². The van der Waals surface area contributed by atoms with Gasteiger partial charge in [0, 0.05) is 25.0 Å². The third-order valence-corrected chi connectivity index (χ3v) is 8.74. The first-order chi connectivity index (χ1) is 14.9. The van der Waals surface area contributed by atoms with Crippen LogP contribution < -0.4 is 5.32 Å². The molecule has 0 spiro atoms. The number of likely N-dealkylation sites (tertiary alicyclic amines) is 1. The van der Waals surface area contributed by atoms with Gasteiger partial charge >= 0.3 is 0 Å². The van der Waals surface area contributed by atoms with Crippen molar-refractivity contribution >= 4 is 32.4 Å². The van der Waals surface area contributed by atoms with Crippen LogP contribution in [0.3, 0.4) is 0 Å². The first-order valence-electron chi connectivity index (χ1n) is 11.0. The van der Waals surface area contributed by atoms with Crippen LogP contribution in [0.25, 0.3) is 0 Å². The van der Waals surface area contributed by atoms with Crippen LogP contribution in [0.15, 0.2) is 40.6 Å². The molecule has 4 rings (SSSR count). The summed E-state index contributed by atoms with van der Waals surface area (Å²) >= 11 is 1.40. The van der Waals surface area contributed by atoms with Crippen LogP contribution in [0.4, 0.5) is 5.13 Å². The molecule has 1 amide bonds. The third-order valence-electron chi connectivity index (χ3n) is 6.01. The van der Waals surface area contributed by atoms with Crippen LogP contribution >= 0.6 is 11.3 Å². The summed E-state index contributed by atoms with van der Waals surface area (Å²) in [6.45, 7) is 5.57. The molecule has 31 heavy (non-hydrogen) atoms. The summed E-state index contributed by atoms with van der Waals surface area (Å²) < 4.78 is 27.6. The molecule has 1 aromatic carbocycles. The Balaban J connectivity index is 1.43. The van der Waals surface area contributed by atoms with E-state index in [-0.39, 0.29) is 10.8 Å². The van der Waals surface area contributed by atoms with Gasteiger partial charge in [-0.3, -0.25) is 9.69 Å². The Morgan fingerprint density at radius 2 is 1.97 bits per heavy atom. The number of carbonyl (C=O) groups excluding carboxylic acids is 1. The Morgan fingerprint density at radius 1 is 1.16 bits per heavy atom. The van der Waals surface area contributed by atoms with Gasteiger partial charge in [-0.25, -0.2) is 13.4 Å². The quantitative estimate of drug-likeness (QED) is 0.710. The minimum Gasteiger partial charge on any atom is -0.301 e. The Labute approximate surface area is 188 Å². The molecule has 0 radical (unpaired) electrons. The van der Waals surface area contributed by atoms with E-state index in [0.717, 1.165) is 38.2 Å². The van der Waals surface area contributed by atoms with Gasteiger partial charge in [0.25, 0.3) is 0 Å². The molecule has 2 saturated heterocycles. The molecule has 3 heterocycles. The summed E-state index contributed by atoms with van der Waals surface area (Å²) in [7, 11) is -3.72. The van der Waals surface area contributed by atoms with E-state index in [9.17, 15) is 13.2 Å². The summed E-state index contributed by atoms with van der Waals surface area (Å²) in [6, 6.07) is 7.62. The fraction of sp³-hybridized carbons (Fsp3) is 0.545. The number of nitrogens with one attached hydrogen (secondary N) is 1. The zero-order valence-corrected chi connectivity index (χ0v) is 19.5. The Hall–Kier alpha value is -1.81. The lowest BCUT2D eigenvalue weighted by molar-refractivity contribution is -0.120. The molecular formula is C22H30N4O3S2. The van der Waals surface area contributed by atoms with Gasteiger partial charge in [-0.1, -0.05) is 31.5 Å². The molecule has 2 fully saturated rings. The van der Waals surface area contributed by atoms with Crippen LogP contribution in [0, 0.1) is 5.92 Å². The largest absolute Gasteiger partial charge is 0.301 e. The molecule has 0 bridgehead atoms. The van der Waals surface area contributed by atoms with E-state index < -0.39 is 16.1 Å². The Bertz CT molecular complexity index is 993. The van der Waals surface area contributed by atoms with Gasteiger partial charge in [0.2, 0.25) is 15.9 Å². The number of rotatable bonds is 6. The number of sulfonamides is 1. The number of carbonyl (C=O) groups is 1. The van der Waals surface area contributed by atoms with Crippen molar-refractivity contribution < 1.29 is 13.2 Å². The maximum absolute atomic E-state index is 13.1. The zero-order valence-electron chi connectivity index (χ0n) is 17.9. The molecule has 0 saturated carbocycles. The number of amides is 1. The van der Waals surface area contributed by atoms with Crippen molar-refractivity contribution in [3.63, 3.8) is 0 Å². The number of anilines is 1. The number of nitrogens with zero attached hydrogens (tertiary/aromatic N) is 3. The summed E-state index contributed by atoms with van der Waals surface area (Å²) in [5.41, 5.74) is 0.951. The second-order valence-corrected chi connectivity index (χ2v) is 11.3. The number of benzene rings is 1. The lowest BCUT2D eigenvalue weighted by Gasteiger charge is -2.33. The maximum Gasteiger partial charge on any atom is 0.244 e. The molecule has 1 N–H and O–H groups in total. The SMILES string of the molecule is CC1CCCN(Cc2csc(NC(=O)C3CCCCN3S(=O)(=O)c3ccccc3)n2)C1. The summed E-state index contributed by atoms with van der Waals surface area (Å²) in [5.74, 6) is 0.405. The molecule has 1 aromatic heterocycles. The number of hydrogen-bond acceptors (Lipinski definition) is 6. The lowest BCUT2D eigenvalue weighted by Crippen LogP contribution is -2.49. The van der Waals surface area contributed by atoms with E-state index >= 15 is 0 Å². The zero-order chi connectivity index (χ0) is 21.8. The van der Waals surface area contributed by atoms with Crippen LogP contribution in [-0.4, -0.2) is 54.2 Å². The van der Waals surface area contributed by atoms with Crippen molar-refractivity contribution in [3.05, 3.63) is 41.4 Å². The topological polar surface area (TPSA) is 82.6 Å². The highest BCUT2D eigenvalue weighted by atomic mass is 32.2. The van der Waals surface area contributed by atoms with E-state index in [1.54, 1.807) is 30.3 Å². The Morgan fingerprint density at radius 3 is 2.74 bits per heavy atom. The smallest absolute Gasteiger partial charge is 0.244 e. The summed E-state index contributed by atoms with van der Waals surface area (Å²) in [5, 5.41) is 5.39. The molecule has 2 aliphatic rings. The molecule has 2 aliphatic heterocycles. The average Bonchev–Trinajstić information content (AvgIpc) is 3.21. The molecule has 2 aromatic rings. The minimum absolute atomic E-state index is 0.224. The van der Waals surface area contributed by atoms with Gasteiger partial charge in [0.05, 0.1) is 10.6 Å². The van der Waals surface area contributed by atoms with Gasteiger partial charge < -0.3 is 5.32 Å². The molecule has 168 valence electrons. The van der Waals surface area contributed by atoms with Gasteiger partial charge in [-0.2, -0.15) is 4.31 Å². The lowest BCUT2D eigenvalue weighted by atomic mass is 10.0. The molecular weight excluding hydrogens is 432 g/mol. The van der Waals surface area contributed by atoms with Crippen LogP contribution in [0.2, 0.25) is 0 Å². The minimum atomic E-state index is -3.72. The number of thiazole rings is 1. The predicted octanol–water partition coefficient (Wildman–Crippen LogP) is 3.56.